The summed E-state index contributed by atoms with van der Waals surface area (Å²) in [5.41, 5.74) is 1.94. The molecule has 2 rings (SSSR count). The highest BCUT2D eigenvalue weighted by Crippen LogP contribution is 2.23. The molecule has 0 aliphatic heterocycles. The van der Waals surface area contributed by atoms with Gasteiger partial charge in [-0.25, -0.2) is 0 Å². The van der Waals surface area contributed by atoms with Gasteiger partial charge >= 0.3 is 0 Å². The Kier molecular flexibility index (Phi) is 4.42. The van der Waals surface area contributed by atoms with Crippen LogP contribution in [0.4, 0.5) is 5.69 Å². The third-order valence-electron chi connectivity index (χ3n) is 2.63. The molecule has 0 aliphatic carbocycles. The zero-order chi connectivity index (χ0) is 13.9. The molecule has 4 heteroatoms. The molecule has 1 aromatic heterocycles. The number of hydrogen-bond acceptors (Lipinski definition) is 3. The molecule has 1 aromatic carbocycles. The fourth-order valence-electron chi connectivity index (χ4n) is 1.82. The van der Waals surface area contributed by atoms with Crippen molar-refractivity contribution in [2.75, 3.05) is 18.5 Å². The number of rotatable bonds is 4. The maximum atomic E-state index is 5.69. The monoisotopic (exact) mass is 322 g/mol. The number of nitrogens with zero attached hydrogens (tertiary/aromatic N) is 1. The maximum absolute atomic E-state index is 5.69. The summed E-state index contributed by atoms with van der Waals surface area (Å²) in [6.07, 6.45) is 1.82. The fourth-order valence-corrected chi connectivity index (χ4v) is 2.17. The van der Waals surface area contributed by atoms with E-state index in [1.807, 2.05) is 18.3 Å². The van der Waals surface area contributed by atoms with Gasteiger partial charge in [-0.1, -0.05) is 12.1 Å². The zero-order valence-corrected chi connectivity index (χ0v) is 13.1. The second-order valence-corrected chi connectivity index (χ2v) is 6.33. The Balaban J connectivity index is 2.05. The number of aromatic nitrogens is 1. The largest absolute Gasteiger partial charge is 0.381 e. The molecule has 0 saturated carbocycles. The van der Waals surface area contributed by atoms with Crippen LogP contribution in [0.3, 0.4) is 0 Å². The Bertz CT molecular complexity index is 564. The van der Waals surface area contributed by atoms with E-state index >= 15 is 0 Å². The van der Waals surface area contributed by atoms with Crippen molar-refractivity contribution in [1.29, 1.82) is 0 Å². The molecule has 0 unspecified atom stereocenters. The highest BCUT2D eigenvalue weighted by Gasteiger charge is 2.09. The number of ether oxygens (including phenoxy) is 1. The molecule has 0 radical (unpaired) electrons. The van der Waals surface area contributed by atoms with Crippen LogP contribution in [0.1, 0.15) is 20.8 Å². The van der Waals surface area contributed by atoms with Crippen LogP contribution in [0.2, 0.25) is 0 Å². The number of halogens is 1. The van der Waals surface area contributed by atoms with E-state index < -0.39 is 0 Å². The van der Waals surface area contributed by atoms with Crippen LogP contribution in [0, 0.1) is 0 Å². The van der Waals surface area contributed by atoms with Crippen molar-refractivity contribution in [1.82, 2.24) is 4.98 Å². The second kappa shape index (κ2) is 5.88. The van der Waals surface area contributed by atoms with Crippen molar-refractivity contribution >= 4 is 32.5 Å². The van der Waals surface area contributed by atoms with E-state index in [9.17, 15) is 0 Å². The van der Waals surface area contributed by atoms with Crippen LogP contribution in [0.15, 0.2) is 34.9 Å². The lowest BCUT2D eigenvalue weighted by molar-refractivity contribution is 0.00334. The number of benzene rings is 1. The SMILES string of the molecule is CC(C)(C)OCCNc1cccc2cc(Br)cnc12. The summed E-state index contributed by atoms with van der Waals surface area (Å²) < 4.78 is 6.69. The van der Waals surface area contributed by atoms with Crippen LogP contribution in [-0.2, 0) is 4.74 Å². The smallest absolute Gasteiger partial charge is 0.0934 e. The van der Waals surface area contributed by atoms with Gasteiger partial charge in [-0.3, -0.25) is 4.98 Å². The van der Waals surface area contributed by atoms with Crippen LogP contribution in [0.25, 0.3) is 10.9 Å². The number of hydrogen-bond donors (Lipinski definition) is 1. The first-order chi connectivity index (χ1) is 8.96. The summed E-state index contributed by atoms with van der Waals surface area (Å²) >= 11 is 3.44. The van der Waals surface area contributed by atoms with Gasteiger partial charge in [-0.2, -0.15) is 0 Å². The predicted octanol–water partition coefficient (Wildman–Crippen LogP) is 4.22. The Morgan fingerprint density at radius 1 is 1.32 bits per heavy atom. The molecule has 1 heterocycles. The van der Waals surface area contributed by atoms with Crippen LogP contribution >= 0.6 is 15.9 Å². The Morgan fingerprint density at radius 3 is 2.84 bits per heavy atom. The number of para-hydroxylation sites is 1. The number of pyridine rings is 1. The summed E-state index contributed by atoms with van der Waals surface area (Å²) in [5, 5.41) is 4.50. The summed E-state index contributed by atoms with van der Waals surface area (Å²) in [6.45, 7) is 7.63. The number of fused-ring (bicyclic) bond motifs is 1. The van der Waals surface area contributed by atoms with Gasteiger partial charge in [0.25, 0.3) is 0 Å². The van der Waals surface area contributed by atoms with Gasteiger partial charge in [0.2, 0.25) is 0 Å². The number of anilines is 1. The molecule has 0 fully saturated rings. The highest BCUT2D eigenvalue weighted by atomic mass is 79.9. The van der Waals surface area contributed by atoms with Gasteiger partial charge in [0, 0.05) is 22.6 Å². The average molecular weight is 323 g/mol. The molecule has 0 saturated heterocycles. The quantitative estimate of drug-likeness (QED) is 0.855. The third-order valence-corrected chi connectivity index (χ3v) is 3.06. The molecule has 0 aliphatic rings. The van der Waals surface area contributed by atoms with Crippen LogP contribution in [0.5, 0.6) is 0 Å². The molecule has 2 aromatic rings. The molecular formula is C15H19BrN2O. The van der Waals surface area contributed by atoms with Crippen molar-refractivity contribution in [3.05, 3.63) is 34.9 Å². The minimum Gasteiger partial charge on any atom is -0.381 e. The Labute approximate surface area is 122 Å². The minimum absolute atomic E-state index is 0.0937. The molecule has 0 spiro atoms. The summed E-state index contributed by atoms with van der Waals surface area (Å²) in [5.74, 6) is 0. The first-order valence-electron chi connectivity index (χ1n) is 6.38. The summed E-state index contributed by atoms with van der Waals surface area (Å²) in [6, 6.07) is 8.20. The highest BCUT2D eigenvalue weighted by molar-refractivity contribution is 9.10. The van der Waals surface area contributed by atoms with E-state index in [1.54, 1.807) is 0 Å². The lowest BCUT2D eigenvalue weighted by Gasteiger charge is -2.20. The standard InChI is InChI=1S/C15H19BrN2O/c1-15(2,3)19-8-7-17-13-6-4-5-11-9-12(16)10-18-14(11)13/h4-6,9-10,17H,7-8H2,1-3H3. The van der Waals surface area contributed by atoms with E-state index in [4.69, 9.17) is 4.74 Å². The van der Waals surface area contributed by atoms with Gasteiger partial charge < -0.3 is 10.1 Å². The second-order valence-electron chi connectivity index (χ2n) is 5.42. The molecule has 0 atom stereocenters. The van der Waals surface area contributed by atoms with E-state index in [2.05, 4.69) is 59.1 Å². The molecule has 102 valence electrons. The Morgan fingerprint density at radius 2 is 2.11 bits per heavy atom. The van der Waals surface area contributed by atoms with Crippen molar-refractivity contribution in [2.24, 2.45) is 0 Å². The topological polar surface area (TPSA) is 34.1 Å². The molecule has 19 heavy (non-hydrogen) atoms. The zero-order valence-electron chi connectivity index (χ0n) is 11.5. The fraction of sp³-hybridized carbons (Fsp3) is 0.400. The summed E-state index contributed by atoms with van der Waals surface area (Å²) in [4.78, 5) is 4.46. The maximum Gasteiger partial charge on any atom is 0.0934 e. The molecule has 1 N–H and O–H groups in total. The van der Waals surface area contributed by atoms with Crippen LogP contribution in [-0.4, -0.2) is 23.7 Å². The summed E-state index contributed by atoms with van der Waals surface area (Å²) in [7, 11) is 0. The van der Waals surface area contributed by atoms with Gasteiger partial charge in [0.1, 0.15) is 0 Å². The first kappa shape index (κ1) is 14.3. The molecule has 3 nitrogen and oxygen atoms in total. The molecule has 0 amide bonds. The van der Waals surface area contributed by atoms with Gasteiger partial charge in [0.05, 0.1) is 23.4 Å². The van der Waals surface area contributed by atoms with Crippen molar-refractivity contribution < 1.29 is 4.74 Å². The first-order valence-corrected chi connectivity index (χ1v) is 7.17. The third kappa shape index (κ3) is 4.18. The molecule has 0 bridgehead atoms. The van der Waals surface area contributed by atoms with E-state index in [1.165, 1.54) is 0 Å². The van der Waals surface area contributed by atoms with Gasteiger partial charge in [0.15, 0.2) is 0 Å². The van der Waals surface area contributed by atoms with Crippen LogP contribution < -0.4 is 5.32 Å². The lowest BCUT2D eigenvalue weighted by atomic mass is 10.2. The lowest BCUT2D eigenvalue weighted by Crippen LogP contribution is -2.23. The minimum atomic E-state index is -0.0937. The average Bonchev–Trinajstić information content (AvgIpc) is 2.33. The van der Waals surface area contributed by atoms with E-state index in [0.717, 1.165) is 27.6 Å². The van der Waals surface area contributed by atoms with Gasteiger partial charge in [-0.05, 0) is 48.8 Å². The van der Waals surface area contributed by atoms with Gasteiger partial charge in [-0.15, -0.1) is 0 Å². The van der Waals surface area contributed by atoms with E-state index in [0.29, 0.717) is 6.61 Å². The van der Waals surface area contributed by atoms with Crippen molar-refractivity contribution in [2.45, 2.75) is 26.4 Å². The normalized spacial score (nSPS) is 11.8. The van der Waals surface area contributed by atoms with Crippen molar-refractivity contribution in [3.8, 4) is 0 Å². The Hall–Kier alpha value is -1.13. The number of nitrogens with one attached hydrogen (secondary N) is 1. The molecular weight excluding hydrogens is 304 g/mol. The van der Waals surface area contributed by atoms with Crippen molar-refractivity contribution in [3.63, 3.8) is 0 Å². The predicted molar refractivity (Wildman–Crippen MR) is 83.6 cm³/mol. The van der Waals surface area contributed by atoms with E-state index in [-0.39, 0.29) is 5.60 Å².